The van der Waals surface area contributed by atoms with Crippen LogP contribution in [0.2, 0.25) is 0 Å². The van der Waals surface area contributed by atoms with E-state index in [2.05, 4.69) is 103 Å². The number of allylic oxidation sites excluding steroid dienone is 6. The van der Waals surface area contributed by atoms with Gasteiger partial charge in [-0.2, -0.15) is 0 Å². The van der Waals surface area contributed by atoms with Gasteiger partial charge in [0.1, 0.15) is 0 Å². The first-order valence-electron chi connectivity index (χ1n) is 12.4. The largest absolute Gasteiger partial charge is 0.370 e. The molecule has 4 nitrogen and oxygen atoms in total. The lowest BCUT2D eigenvalue weighted by Gasteiger charge is -2.32. The van der Waals surface area contributed by atoms with Crippen LogP contribution in [0.4, 0.5) is 11.4 Å². The highest BCUT2D eigenvalue weighted by molar-refractivity contribution is 8.07. The zero-order valence-corrected chi connectivity index (χ0v) is 22.0. The van der Waals surface area contributed by atoms with Gasteiger partial charge in [-0.3, -0.25) is 4.79 Å². The second-order valence-corrected chi connectivity index (χ2v) is 10.1. The van der Waals surface area contributed by atoms with Crippen LogP contribution in [-0.2, 0) is 11.2 Å². The third kappa shape index (κ3) is 5.73. The molecule has 0 bridgehead atoms. The summed E-state index contributed by atoms with van der Waals surface area (Å²) in [5.41, 5.74) is 7.59. The molecule has 1 amide bonds. The fourth-order valence-corrected chi connectivity index (χ4v) is 5.55. The average Bonchev–Trinajstić information content (AvgIpc) is 2.88. The molecular weight excluding hydrogens is 450 g/mol. The Morgan fingerprint density at radius 3 is 2.57 bits per heavy atom. The van der Waals surface area contributed by atoms with E-state index in [0.717, 1.165) is 30.8 Å². The lowest BCUT2D eigenvalue weighted by atomic mass is 9.99. The van der Waals surface area contributed by atoms with Crippen molar-refractivity contribution in [2.75, 3.05) is 36.5 Å². The summed E-state index contributed by atoms with van der Waals surface area (Å²) in [5, 5.41) is 2.99. The van der Waals surface area contributed by atoms with Crippen molar-refractivity contribution in [3.63, 3.8) is 0 Å². The molecule has 2 aliphatic heterocycles. The van der Waals surface area contributed by atoms with E-state index in [9.17, 15) is 4.79 Å². The van der Waals surface area contributed by atoms with Gasteiger partial charge in [-0.25, -0.2) is 0 Å². The smallest absolute Gasteiger partial charge is 0.258 e. The first kappa shape index (κ1) is 24.9. The summed E-state index contributed by atoms with van der Waals surface area (Å²) in [7, 11) is 2.12. The Hall–Kier alpha value is -3.18. The van der Waals surface area contributed by atoms with E-state index in [0.29, 0.717) is 11.4 Å². The van der Waals surface area contributed by atoms with Gasteiger partial charge in [0, 0.05) is 49.3 Å². The number of aryl methyl sites for hydroxylation is 1. The first-order chi connectivity index (χ1) is 17.0. The van der Waals surface area contributed by atoms with Gasteiger partial charge >= 0.3 is 0 Å². The fourth-order valence-electron chi connectivity index (χ4n) is 4.71. The molecule has 2 aromatic rings. The minimum atomic E-state index is -0.0286. The number of nitrogens with one attached hydrogen (secondary N) is 1. The molecule has 0 aromatic heterocycles. The lowest BCUT2D eigenvalue weighted by Crippen LogP contribution is -2.27. The Morgan fingerprint density at radius 1 is 1.06 bits per heavy atom. The number of hydrogen-bond donors (Lipinski definition) is 1. The maximum Gasteiger partial charge on any atom is 0.258 e. The fraction of sp³-hybridized carbons (Fsp3) is 0.300. The lowest BCUT2D eigenvalue weighted by molar-refractivity contribution is -0.116. The minimum Gasteiger partial charge on any atom is -0.370 e. The Labute approximate surface area is 214 Å². The molecule has 0 atom stereocenters. The maximum absolute atomic E-state index is 12.9. The number of nitrogens with zero attached hydrogens (tertiary/aromatic N) is 2. The predicted octanol–water partition coefficient (Wildman–Crippen LogP) is 6.53. The second kappa shape index (κ2) is 11.5. The average molecular weight is 486 g/mol. The van der Waals surface area contributed by atoms with Gasteiger partial charge in [0.15, 0.2) is 0 Å². The van der Waals surface area contributed by atoms with Crippen LogP contribution in [0.5, 0.6) is 0 Å². The number of hydrogen-bond acceptors (Lipinski definition) is 4. The summed E-state index contributed by atoms with van der Waals surface area (Å²) in [6.45, 7) is 8.61. The van der Waals surface area contributed by atoms with Crippen molar-refractivity contribution in [1.82, 2.24) is 5.32 Å². The zero-order chi connectivity index (χ0) is 24.8. The standard InChI is InChI=1S/C30H35N3OS/c1-5-31-30(34)29(18-17-25-16-15-23-11-7-9-13-27(23)33(25)6-2)35-22(3)21-24-19-20-32(4)28-14-10-8-12-26(24)28/h7-14,17-19,21H,5-6,15-16,20H2,1-4H3,(H,31,34)/b22-21+,25-17-,29-18+. The van der Waals surface area contributed by atoms with E-state index in [1.54, 1.807) is 0 Å². The Morgan fingerprint density at radius 2 is 1.80 bits per heavy atom. The summed E-state index contributed by atoms with van der Waals surface area (Å²) in [6, 6.07) is 17.1. The first-order valence-corrected chi connectivity index (χ1v) is 13.2. The predicted molar refractivity (Wildman–Crippen MR) is 152 cm³/mol. The summed E-state index contributed by atoms with van der Waals surface area (Å²) < 4.78 is 0. The Balaban J connectivity index is 1.60. The number of anilines is 2. The Bertz CT molecular complexity index is 1210. The van der Waals surface area contributed by atoms with E-state index in [1.165, 1.54) is 45.5 Å². The highest BCUT2D eigenvalue weighted by Crippen LogP contribution is 2.36. The number of thioether (sulfide) groups is 1. The molecule has 2 aliphatic rings. The summed E-state index contributed by atoms with van der Waals surface area (Å²) in [4.78, 5) is 19.4. The van der Waals surface area contributed by atoms with Crippen LogP contribution < -0.4 is 15.1 Å². The molecule has 1 N–H and O–H groups in total. The number of carbonyl (C=O) groups is 1. The minimum absolute atomic E-state index is 0.0286. The van der Waals surface area contributed by atoms with E-state index >= 15 is 0 Å². The van der Waals surface area contributed by atoms with Crippen LogP contribution in [0, 0.1) is 0 Å². The molecule has 0 radical (unpaired) electrons. The molecule has 0 spiro atoms. The molecule has 0 saturated carbocycles. The second-order valence-electron chi connectivity index (χ2n) is 8.84. The Kier molecular flexibility index (Phi) is 8.19. The molecule has 2 heterocycles. The van der Waals surface area contributed by atoms with E-state index < -0.39 is 0 Å². The van der Waals surface area contributed by atoms with Crippen molar-refractivity contribution in [1.29, 1.82) is 0 Å². The van der Waals surface area contributed by atoms with Gasteiger partial charge in [-0.15, -0.1) is 0 Å². The van der Waals surface area contributed by atoms with Crippen LogP contribution >= 0.6 is 11.8 Å². The summed E-state index contributed by atoms with van der Waals surface area (Å²) >= 11 is 1.54. The van der Waals surface area contributed by atoms with Gasteiger partial charge < -0.3 is 15.1 Å². The molecule has 182 valence electrons. The van der Waals surface area contributed by atoms with Crippen molar-refractivity contribution >= 4 is 34.6 Å². The van der Waals surface area contributed by atoms with E-state index in [-0.39, 0.29) is 5.91 Å². The molecular formula is C30H35N3OS. The van der Waals surface area contributed by atoms with Crippen LogP contribution in [0.15, 0.2) is 88.3 Å². The highest BCUT2D eigenvalue weighted by Gasteiger charge is 2.20. The van der Waals surface area contributed by atoms with Crippen molar-refractivity contribution < 1.29 is 4.79 Å². The molecule has 35 heavy (non-hydrogen) atoms. The van der Waals surface area contributed by atoms with Crippen molar-refractivity contribution in [2.24, 2.45) is 0 Å². The third-order valence-electron chi connectivity index (χ3n) is 6.43. The molecule has 0 fully saturated rings. The van der Waals surface area contributed by atoms with E-state index in [1.807, 2.05) is 13.0 Å². The van der Waals surface area contributed by atoms with Gasteiger partial charge in [0.2, 0.25) is 0 Å². The van der Waals surface area contributed by atoms with Crippen molar-refractivity contribution in [3.05, 3.63) is 99.5 Å². The number of benzene rings is 2. The summed E-state index contributed by atoms with van der Waals surface area (Å²) in [5.74, 6) is -0.0286. The number of likely N-dealkylation sites (N-methyl/N-ethyl adjacent to an activating group) is 2. The number of amides is 1. The van der Waals surface area contributed by atoms with Gasteiger partial charge in [0.05, 0.1) is 4.91 Å². The topological polar surface area (TPSA) is 35.6 Å². The van der Waals surface area contributed by atoms with Gasteiger partial charge in [-0.1, -0.05) is 54.2 Å². The molecule has 0 saturated heterocycles. The SMILES string of the molecule is CCNC(=O)/C(=C\C=C1\CCc2ccccc2N1CC)S/C(C)=C/C1=CCN(C)c2ccccc21. The number of carbonyl (C=O) groups excluding carboxylic acids is 1. The summed E-state index contributed by atoms with van der Waals surface area (Å²) in [6.07, 6.45) is 10.6. The van der Waals surface area contributed by atoms with Crippen molar-refractivity contribution in [2.45, 2.75) is 33.6 Å². The molecule has 0 unspecified atom stereocenters. The molecule has 2 aromatic carbocycles. The van der Waals surface area contributed by atoms with Crippen LogP contribution in [0.3, 0.4) is 0 Å². The van der Waals surface area contributed by atoms with Crippen molar-refractivity contribution in [3.8, 4) is 0 Å². The normalized spacial score (nSPS) is 17.1. The van der Waals surface area contributed by atoms with Crippen LogP contribution in [-0.4, -0.2) is 32.6 Å². The molecule has 0 aliphatic carbocycles. The third-order valence-corrected chi connectivity index (χ3v) is 7.41. The number of para-hydroxylation sites is 2. The maximum atomic E-state index is 12.9. The van der Waals surface area contributed by atoms with Crippen LogP contribution in [0.1, 0.15) is 38.3 Å². The van der Waals surface area contributed by atoms with Gasteiger partial charge in [0.25, 0.3) is 5.91 Å². The quantitative estimate of drug-likeness (QED) is 0.452. The molecule has 4 rings (SSSR count). The molecule has 5 heteroatoms. The number of rotatable bonds is 7. The van der Waals surface area contributed by atoms with Gasteiger partial charge in [-0.05, 0) is 80.0 Å². The zero-order valence-electron chi connectivity index (χ0n) is 21.2. The number of fused-ring (bicyclic) bond motifs is 2. The van der Waals surface area contributed by atoms with E-state index in [4.69, 9.17) is 0 Å². The van der Waals surface area contributed by atoms with Crippen LogP contribution in [0.25, 0.3) is 5.57 Å². The highest BCUT2D eigenvalue weighted by atomic mass is 32.2. The monoisotopic (exact) mass is 485 g/mol.